The van der Waals surface area contributed by atoms with Crippen molar-refractivity contribution in [2.45, 2.75) is 0 Å². The van der Waals surface area contributed by atoms with Crippen molar-refractivity contribution in [1.82, 2.24) is 0 Å². The fourth-order valence-electron chi connectivity index (χ4n) is 7.82. The van der Waals surface area contributed by atoms with Crippen LogP contribution in [0.1, 0.15) is 0 Å². The monoisotopic (exact) mass is 689 g/mol. The lowest BCUT2D eigenvalue weighted by Gasteiger charge is -2.26. The predicted molar refractivity (Wildman–Crippen MR) is 228 cm³/mol. The Morgan fingerprint density at radius 2 is 0.833 bits per heavy atom. The van der Waals surface area contributed by atoms with Crippen LogP contribution >= 0.6 is 0 Å². The number of anilines is 3. The molecule has 54 heavy (non-hydrogen) atoms. The van der Waals surface area contributed by atoms with E-state index in [1.807, 2.05) is 12.1 Å². The molecule has 0 radical (unpaired) electrons. The molecule has 0 bridgehead atoms. The first-order chi connectivity index (χ1) is 26.8. The summed E-state index contributed by atoms with van der Waals surface area (Å²) in [6.07, 6.45) is 0. The summed E-state index contributed by atoms with van der Waals surface area (Å²) in [5, 5.41) is 6.17. The summed E-state index contributed by atoms with van der Waals surface area (Å²) in [6, 6.07) is 75.8. The van der Waals surface area contributed by atoms with Crippen LogP contribution in [-0.4, -0.2) is 0 Å². The number of nitrogens with zero attached hydrogens (tertiary/aromatic N) is 1. The lowest BCUT2D eigenvalue weighted by Crippen LogP contribution is -2.09. The summed E-state index contributed by atoms with van der Waals surface area (Å²) in [5.74, 6) is 0.865. The van der Waals surface area contributed by atoms with Crippen LogP contribution in [-0.2, 0) is 0 Å². The fraction of sp³-hybridized carbons (Fsp3) is 0. The molecule has 0 aliphatic carbocycles. The van der Waals surface area contributed by atoms with E-state index in [0.717, 1.165) is 61.6 Å². The lowest BCUT2D eigenvalue weighted by molar-refractivity contribution is 0.632. The molecule has 0 N–H and O–H groups in total. The normalized spacial score (nSPS) is 11.3. The smallest absolute Gasteiger partial charge is 0.136 e. The van der Waals surface area contributed by atoms with Crippen molar-refractivity contribution >= 4 is 49.6 Å². The van der Waals surface area contributed by atoms with E-state index in [1.54, 1.807) is 0 Å². The third kappa shape index (κ3) is 5.71. The molecule has 1 aromatic heterocycles. The fourth-order valence-corrected chi connectivity index (χ4v) is 7.82. The molecule has 0 atom stereocenters. The minimum atomic E-state index is 0.865. The van der Waals surface area contributed by atoms with Crippen LogP contribution in [0.3, 0.4) is 0 Å². The van der Waals surface area contributed by atoms with Crippen LogP contribution in [0.25, 0.3) is 77.2 Å². The minimum Gasteiger partial charge on any atom is -0.456 e. The highest BCUT2D eigenvalue weighted by molar-refractivity contribution is 6.13. The molecule has 254 valence electrons. The Kier molecular flexibility index (Phi) is 7.85. The molecule has 9 aromatic carbocycles. The van der Waals surface area contributed by atoms with Gasteiger partial charge in [-0.3, -0.25) is 0 Å². The molecule has 0 saturated carbocycles. The molecular formula is C52H35NO. The van der Waals surface area contributed by atoms with E-state index in [2.05, 4.69) is 205 Å². The van der Waals surface area contributed by atoms with E-state index in [4.69, 9.17) is 4.42 Å². The molecule has 2 nitrogen and oxygen atoms in total. The highest BCUT2D eigenvalue weighted by Crippen LogP contribution is 2.41. The maximum Gasteiger partial charge on any atom is 0.136 e. The molecule has 2 heteroatoms. The second-order valence-corrected chi connectivity index (χ2v) is 13.7. The van der Waals surface area contributed by atoms with Gasteiger partial charge in [0.1, 0.15) is 11.3 Å². The van der Waals surface area contributed by atoms with Crippen molar-refractivity contribution in [2.75, 3.05) is 4.90 Å². The van der Waals surface area contributed by atoms with Crippen molar-refractivity contribution in [3.8, 4) is 44.7 Å². The van der Waals surface area contributed by atoms with Gasteiger partial charge in [-0.15, -0.1) is 0 Å². The first-order valence-electron chi connectivity index (χ1n) is 18.4. The van der Waals surface area contributed by atoms with Gasteiger partial charge in [0.05, 0.1) is 0 Å². The Morgan fingerprint density at radius 3 is 1.56 bits per heavy atom. The number of rotatable bonds is 7. The zero-order valence-corrected chi connectivity index (χ0v) is 29.6. The van der Waals surface area contributed by atoms with Gasteiger partial charge in [0.25, 0.3) is 0 Å². The van der Waals surface area contributed by atoms with Gasteiger partial charge >= 0.3 is 0 Å². The average Bonchev–Trinajstić information content (AvgIpc) is 3.69. The molecular weight excluding hydrogens is 655 g/mol. The SMILES string of the molecule is c1ccc(-c2ccc(-c3ccc(N(c4ccccc4)c4ccc(-c5cc6ccccc6c6ccccc56)cc4)cc3)cc2-c2cc3ccccc3o2)cc1. The predicted octanol–water partition coefficient (Wildman–Crippen LogP) is 14.9. The van der Waals surface area contributed by atoms with Crippen LogP contribution in [0.2, 0.25) is 0 Å². The zero-order valence-electron chi connectivity index (χ0n) is 29.6. The van der Waals surface area contributed by atoms with Gasteiger partial charge in [0, 0.05) is 28.0 Å². The Labute approximate surface area is 314 Å². The largest absolute Gasteiger partial charge is 0.456 e. The Morgan fingerprint density at radius 1 is 0.296 bits per heavy atom. The van der Waals surface area contributed by atoms with E-state index in [1.165, 1.54) is 32.7 Å². The van der Waals surface area contributed by atoms with Gasteiger partial charge in [-0.1, -0.05) is 152 Å². The maximum absolute atomic E-state index is 6.43. The van der Waals surface area contributed by atoms with E-state index in [0.29, 0.717) is 0 Å². The molecule has 0 aliphatic rings. The number of benzene rings is 9. The Balaban J connectivity index is 1.03. The molecule has 0 fully saturated rings. The third-order valence-corrected chi connectivity index (χ3v) is 10.5. The standard InChI is InChI=1S/C52H35NO/c1-3-13-37(14-4-1)46-32-27-39(33-50(46)52-35-41-16-8-12-22-51(41)54-52)36-23-28-43(29-24-36)53(42-17-5-2-6-18-42)44-30-25-38(26-31-44)49-34-40-15-7-9-19-45(40)47-20-10-11-21-48(47)49/h1-35H. The first-order valence-corrected chi connectivity index (χ1v) is 18.4. The number of hydrogen-bond donors (Lipinski definition) is 0. The van der Waals surface area contributed by atoms with E-state index in [-0.39, 0.29) is 0 Å². The first kappa shape index (κ1) is 31.6. The quantitative estimate of drug-likeness (QED) is 0.155. The summed E-state index contributed by atoms with van der Waals surface area (Å²) in [4.78, 5) is 2.32. The Hall–Kier alpha value is -7.16. The summed E-state index contributed by atoms with van der Waals surface area (Å²) in [6.45, 7) is 0. The molecule has 0 aliphatic heterocycles. The number of fused-ring (bicyclic) bond motifs is 4. The van der Waals surface area contributed by atoms with Crippen LogP contribution in [0, 0.1) is 0 Å². The van der Waals surface area contributed by atoms with Crippen LogP contribution < -0.4 is 4.90 Å². The minimum absolute atomic E-state index is 0.865. The van der Waals surface area contributed by atoms with Crippen LogP contribution in [0.5, 0.6) is 0 Å². The maximum atomic E-state index is 6.43. The van der Waals surface area contributed by atoms with E-state index < -0.39 is 0 Å². The summed E-state index contributed by atoms with van der Waals surface area (Å²) >= 11 is 0. The van der Waals surface area contributed by atoms with Gasteiger partial charge in [0.15, 0.2) is 0 Å². The second-order valence-electron chi connectivity index (χ2n) is 13.7. The average molecular weight is 690 g/mol. The van der Waals surface area contributed by atoms with Crippen molar-refractivity contribution in [1.29, 1.82) is 0 Å². The zero-order chi connectivity index (χ0) is 35.8. The molecule has 0 saturated heterocycles. The van der Waals surface area contributed by atoms with Crippen molar-refractivity contribution < 1.29 is 4.42 Å². The Bertz CT molecular complexity index is 2870. The highest BCUT2D eigenvalue weighted by Gasteiger charge is 2.17. The molecule has 0 amide bonds. The van der Waals surface area contributed by atoms with Crippen LogP contribution in [0.4, 0.5) is 17.1 Å². The lowest BCUT2D eigenvalue weighted by atomic mass is 9.93. The van der Waals surface area contributed by atoms with Crippen molar-refractivity contribution in [2.24, 2.45) is 0 Å². The molecule has 10 rings (SSSR count). The van der Waals surface area contributed by atoms with Gasteiger partial charge in [-0.25, -0.2) is 0 Å². The summed E-state index contributed by atoms with van der Waals surface area (Å²) < 4.78 is 6.43. The number of hydrogen-bond acceptors (Lipinski definition) is 2. The third-order valence-electron chi connectivity index (χ3n) is 10.5. The van der Waals surface area contributed by atoms with Crippen molar-refractivity contribution in [3.63, 3.8) is 0 Å². The number of furan rings is 1. The van der Waals surface area contributed by atoms with Crippen LogP contribution in [0.15, 0.2) is 217 Å². The summed E-state index contributed by atoms with van der Waals surface area (Å²) in [5.41, 5.74) is 12.3. The van der Waals surface area contributed by atoms with Gasteiger partial charge in [-0.2, -0.15) is 0 Å². The van der Waals surface area contributed by atoms with E-state index in [9.17, 15) is 0 Å². The van der Waals surface area contributed by atoms with E-state index >= 15 is 0 Å². The molecule has 0 unspecified atom stereocenters. The number of para-hydroxylation sites is 2. The highest BCUT2D eigenvalue weighted by atomic mass is 16.3. The van der Waals surface area contributed by atoms with Gasteiger partial charge in [-0.05, 0) is 116 Å². The molecule has 0 spiro atoms. The second kappa shape index (κ2) is 13.4. The molecule has 1 heterocycles. The topological polar surface area (TPSA) is 16.4 Å². The summed E-state index contributed by atoms with van der Waals surface area (Å²) in [7, 11) is 0. The van der Waals surface area contributed by atoms with Crippen molar-refractivity contribution in [3.05, 3.63) is 212 Å². The van der Waals surface area contributed by atoms with Gasteiger partial charge < -0.3 is 9.32 Å². The molecule has 10 aromatic rings. The van der Waals surface area contributed by atoms with Gasteiger partial charge in [0.2, 0.25) is 0 Å².